The van der Waals surface area contributed by atoms with Gasteiger partial charge in [0.2, 0.25) is 0 Å². The Labute approximate surface area is 101 Å². The highest BCUT2D eigenvalue weighted by Gasteiger charge is 2.27. The molecule has 1 heterocycles. The van der Waals surface area contributed by atoms with Gasteiger partial charge >= 0.3 is 0 Å². The fraction of sp³-hybridized carbons (Fsp3) is 0.500. The fourth-order valence-electron chi connectivity index (χ4n) is 2.00. The molecule has 1 unspecified atom stereocenters. The lowest BCUT2D eigenvalue weighted by Crippen LogP contribution is -2.43. The van der Waals surface area contributed by atoms with Crippen LogP contribution in [0.3, 0.4) is 0 Å². The van der Waals surface area contributed by atoms with Crippen LogP contribution in [0.4, 0.5) is 11.4 Å². The molecule has 88 valence electrons. The first-order chi connectivity index (χ1) is 7.61. The highest BCUT2D eigenvalue weighted by Crippen LogP contribution is 2.31. The van der Waals surface area contributed by atoms with Gasteiger partial charge in [0, 0.05) is 6.61 Å². The number of halogens is 1. The number of rotatable bonds is 2. The molecule has 1 fully saturated rings. The molecule has 0 amide bonds. The van der Waals surface area contributed by atoms with E-state index in [1.807, 2.05) is 12.1 Å². The van der Waals surface area contributed by atoms with Gasteiger partial charge in [-0.1, -0.05) is 17.7 Å². The number of para-hydroxylation sites is 1. The van der Waals surface area contributed by atoms with Gasteiger partial charge in [0.05, 0.1) is 28.5 Å². The van der Waals surface area contributed by atoms with E-state index >= 15 is 0 Å². The van der Waals surface area contributed by atoms with Gasteiger partial charge in [-0.2, -0.15) is 0 Å². The highest BCUT2D eigenvalue weighted by atomic mass is 35.5. The van der Waals surface area contributed by atoms with Gasteiger partial charge in [-0.05, 0) is 31.9 Å². The summed E-state index contributed by atoms with van der Waals surface area (Å²) in [6.45, 7) is 3.70. The van der Waals surface area contributed by atoms with E-state index in [1.165, 1.54) is 0 Å². The maximum absolute atomic E-state index is 5.98. The van der Waals surface area contributed by atoms with Crippen LogP contribution in [0.1, 0.15) is 19.8 Å². The monoisotopic (exact) mass is 240 g/mol. The Balaban J connectivity index is 2.16. The quantitative estimate of drug-likeness (QED) is 0.782. The van der Waals surface area contributed by atoms with Crippen molar-refractivity contribution in [3.05, 3.63) is 23.2 Å². The topological polar surface area (TPSA) is 47.3 Å². The molecule has 0 aromatic heterocycles. The number of benzene rings is 1. The molecule has 4 heteroatoms. The van der Waals surface area contributed by atoms with Gasteiger partial charge in [0.15, 0.2) is 0 Å². The third-order valence-corrected chi connectivity index (χ3v) is 3.26. The van der Waals surface area contributed by atoms with Gasteiger partial charge in [0.25, 0.3) is 0 Å². The number of ether oxygens (including phenoxy) is 1. The van der Waals surface area contributed by atoms with Crippen LogP contribution < -0.4 is 11.1 Å². The number of anilines is 2. The Kier molecular flexibility index (Phi) is 3.26. The van der Waals surface area contributed by atoms with E-state index in [4.69, 9.17) is 22.1 Å². The summed E-state index contributed by atoms with van der Waals surface area (Å²) in [6, 6.07) is 5.64. The number of hydrogen-bond acceptors (Lipinski definition) is 3. The van der Waals surface area contributed by atoms with Crippen molar-refractivity contribution in [3.8, 4) is 0 Å². The minimum absolute atomic E-state index is 0.0446. The molecule has 3 N–H and O–H groups in total. The molecule has 1 atom stereocenters. The second kappa shape index (κ2) is 4.52. The van der Waals surface area contributed by atoms with Crippen LogP contribution in [-0.2, 0) is 4.74 Å². The minimum atomic E-state index is -0.0446. The van der Waals surface area contributed by atoms with Crippen LogP contribution >= 0.6 is 11.6 Å². The molecule has 1 aliphatic heterocycles. The molecular weight excluding hydrogens is 224 g/mol. The summed E-state index contributed by atoms with van der Waals surface area (Å²) in [4.78, 5) is 0. The molecular formula is C12H17ClN2O. The van der Waals surface area contributed by atoms with Gasteiger partial charge in [0.1, 0.15) is 0 Å². The Morgan fingerprint density at radius 3 is 3.00 bits per heavy atom. The van der Waals surface area contributed by atoms with E-state index in [2.05, 4.69) is 12.2 Å². The largest absolute Gasteiger partial charge is 0.396 e. The predicted octanol–water partition coefficient (Wildman–Crippen LogP) is 2.90. The molecule has 16 heavy (non-hydrogen) atoms. The van der Waals surface area contributed by atoms with Gasteiger partial charge in [-0.15, -0.1) is 0 Å². The van der Waals surface area contributed by atoms with Crippen molar-refractivity contribution in [2.24, 2.45) is 0 Å². The zero-order valence-electron chi connectivity index (χ0n) is 9.42. The van der Waals surface area contributed by atoms with E-state index in [9.17, 15) is 0 Å². The second-order valence-electron chi connectivity index (χ2n) is 4.54. The Bertz CT molecular complexity index is 375. The summed E-state index contributed by atoms with van der Waals surface area (Å²) in [5.41, 5.74) is 7.38. The molecule has 1 aromatic carbocycles. The average Bonchev–Trinajstić information content (AvgIpc) is 2.26. The summed E-state index contributed by atoms with van der Waals surface area (Å²) >= 11 is 5.98. The lowest BCUT2D eigenvalue weighted by atomic mass is 9.94. The van der Waals surface area contributed by atoms with Crippen LogP contribution in [0.5, 0.6) is 0 Å². The lowest BCUT2D eigenvalue weighted by molar-refractivity contribution is 0.0540. The number of hydrogen-bond donors (Lipinski definition) is 2. The van der Waals surface area contributed by atoms with Crippen molar-refractivity contribution in [2.75, 3.05) is 24.3 Å². The van der Waals surface area contributed by atoms with Crippen molar-refractivity contribution in [1.29, 1.82) is 0 Å². The molecule has 0 aliphatic carbocycles. The summed E-state index contributed by atoms with van der Waals surface area (Å²) in [6.07, 6.45) is 2.16. The third-order valence-electron chi connectivity index (χ3n) is 2.93. The first kappa shape index (κ1) is 11.6. The lowest BCUT2D eigenvalue weighted by Gasteiger charge is -2.35. The van der Waals surface area contributed by atoms with Crippen LogP contribution in [0, 0.1) is 0 Å². The van der Waals surface area contributed by atoms with Gasteiger partial charge < -0.3 is 15.8 Å². The molecule has 0 radical (unpaired) electrons. The van der Waals surface area contributed by atoms with Gasteiger partial charge in [-0.25, -0.2) is 0 Å². The molecule has 1 aromatic rings. The van der Waals surface area contributed by atoms with E-state index in [-0.39, 0.29) is 5.54 Å². The zero-order chi connectivity index (χ0) is 11.6. The zero-order valence-corrected chi connectivity index (χ0v) is 10.2. The SMILES string of the molecule is CC1(Nc2cccc(Cl)c2N)CCCOC1. The number of nitrogens with one attached hydrogen (secondary N) is 1. The van der Waals surface area contributed by atoms with E-state index in [1.54, 1.807) is 6.07 Å². The molecule has 2 rings (SSSR count). The highest BCUT2D eigenvalue weighted by molar-refractivity contribution is 6.33. The summed E-state index contributed by atoms with van der Waals surface area (Å²) in [7, 11) is 0. The molecule has 0 spiro atoms. The van der Waals surface area contributed by atoms with Crippen molar-refractivity contribution in [3.63, 3.8) is 0 Å². The third kappa shape index (κ3) is 2.42. The fourth-order valence-corrected chi connectivity index (χ4v) is 2.18. The molecule has 1 saturated heterocycles. The van der Waals surface area contributed by atoms with Crippen LogP contribution in [0.15, 0.2) is 18.2 Å². The number of nitrogens with two attached hydrogens (primary N) is 1. The Morgan fingerprint density at radius 1 is 1.50 bits per heavy atom. The van der Waals surface area contributed by atoms with Crippen molar-refractivity contribution >= 4 is 23.0 Å². The first-order valence-electron chi connectivity index (χ1n) is 5.51. The van der Waals surface area contributed by atoms with E-state index in [0.717, 1.165) is 25.1 Å². The second-order valence-corrected chi connectivity index (χ2v) is 4.95. The minimum Gasteiger partial charge on any atom is -0.396 e. The smallest absolute Gasteiger partial charge is 0.0739 e. The van der Waals surface area contributed by atoms with Crippen LogP contribution in [-0.4, -0.2) is 18.8 Å². The Morgan fingerprint density at radius 2 is 2.31 bits per heavy atom. The average molecular weight is 241 g/mol. The molecule has 3 nitrogen and oxygen atoms in total. The maximum Gasteiger partial charge on any atom is 0.0739 e. The van der Waals surface area contributed by atoms with E-state index < -0.39 is 0 Å². The standard InChI is InChI=1S/C12H17ClN2O/c1-12(6-3-7-16-8-12)15-10-5-2-4-9(13)11(10)14/h2,4-5,15H,3,6-8,14H2,1H3. The van der Waals surface area contributed by atoms with Crippen LogP contribution in [0.25, 0.3) is 0 Å². The van der Waals surface area contributed by atoms with Gasteiger partial charge in [-0.3, -0.25) is 0 Å². The molecule has 0 saturated carbocycles. The van der Waals surface area contributed by atoms with Crippen molar-refractivity contribution in [2.45, 2.75) is 25.3 Å². The summed E-state index contributed by atoms with van der Waals surface area (Å²) in [5, 5.41) is 4.02. The maximum atomic E-state index is 5.98. The Hall–Kier alpha value is -0.930. The van der Waals surface area contributed by atoms with Crippen LogP contribution in [0.2, 0.25) is 5.02 Å². The van der Waals surface area contributed by atoms with Crippen molar-refractivity contribution < 1.29 is 4.74 Å². The molecule has 1 aliphatic rings. The predicted molar refractivity (Wildman–Crippen MR) is 67.9 cm³/mol. The molecule has 0 bridgehead atoms. The summed E-state index contributed by atoms with van der Waals surface area (Å²) < 4.78 is 5.49. The van der Waals surface area contributed by atoms with E-state index in [0.29, 0.717) is 17.3 Å². The normalized spacial score (nSPS) is 25.4. The number of nitrogen functional groups attached to an aromatic ring is 1. The first-order valence-corrected chi connectivity index (χ1v) is 5.88. The summed E-state index contributed by atoms with van der Waals surface area (Å²) in [5.74, 6) is 0. The van der Waals surface area contributed by atoms with Crippen molar-refractivity contribution in [1.82, 2.24) is 0 Å².